The third-order valence-corrected chi connectivity index (χ3v) is 3.26. The fraction of sp³-hybridized carbons (Fsp3) is 0.273. The number of thioether (sulfide) groups is 1. The molecule has 2 aromatic heterocycles. The number of H-pyrrole nitrogens is 2. The number of anilines is 1. The van der Waals surface area contributed by atoms with Gasteiger partial charge in [0.05, 0.1) is 11.8 Å². The molecule has 0 aromatic carbocycles. The maximum absolute atomic E-state index is 12.2. The second kappa shape index (κ2) is 5.27. The molecule has 0 unspecified atom stereocenters. The number of nitrogens with zero attached hydrogens (tertiary/aromatic N) is 2. The highest BCUT2D eigenvalue weighted by atomic mass is 32.2. The van der Waals surface area contributed by atoms with Crippen molar-refractivity contribution in [2.24, 2.45) is 0 Å². The van der Waals surface area contributed by atoms with Crippen molar-refractivity contribution in [3.63, 3.8) is 0 Å². The van der Waals surface area contributed by atoms with Crippen LogP contribution in [-0.4, -0.2) is 32.3 Å². The summed E-state index contributed by atoms with van der Waals surface area (Å²) in [7, 11) is 0. The van der Waals surface area contributed by atoms with E-state index in [2.05, 4.69) is 25.5 Å². The minimum absolute atomic E-state index is 0.335. The average molecular weight is 279 g/mol. The van der Waals surface area contributed by atoms with Crippen molar-refractivity contribution < 1.29 is 4.79 Å². The Kier molecular flexibility index (Phi) is 3.70. The summed E-state index contributed by atoms with van der Waals surface area (Å²) in [6, 6.07) is 0. The normalized spacial score (nSPS) is 10.5. The van der Waals surface area contributed by atoms with Crippen LogP contribution in [0, 0.1) is 13.8 Å². The predicted molar refractivity (Wildman–Crippen MR) is 72.7 cm³/mol. The van der Waals surface area contributed by atoms with E-state index in [0.29, 0.717) is 22.1 Å². The molecule has 2 aromatic rings. The van der Waals surface area contributed by atoms with Crippen LogP contribution in [0.5, 0.6) is 0 Å². The highest BCUT2D eigenvalue weighted by Gasteiger charge is 2.18. The first-order chi connectivity index (χ1) is 9.02. The van der Waals surface area contributed by atoms with Crippen molar-refractivity contribution in [2.45, 2.75) is 18.9 Å². The second-order valence-electron chi connectivity index (χ2n) is 3.93. The molecule has 0 bridgehead atoms. The summed E-state index contributed by atoms with van der Waals surface area (Å²) in [6.45, 7) is 3.49. The van der Waals surface area contributed by atoms with Gasteiger partial charge in [-0.05, 0) is 20.1 Å². The Hall–Kier alpha value is -2.09. The molecule has 0 atom stereocenters. The molecule has 8 heteroatoms. The van der Waals surface area contributed by atoms with E-state index in [1.807, 2.05) is 6.92 Å². The van der Waals surface area contributed by atoms with Gasteiger partial charge in [0.2, 0.25) is 0 Å². The van der Waals surface area contributed by atoms with Gasteiger partial charge in [-0.2, -0.15) is 10.1 Å². The minimum Gasteiger partial charge on any atom is -0.309 e. The lowest BCUT2D eigenvalue weighted by Crippen LogP contribution is -2.22. The average Bonchev–Trinajstić information content (AvgIpc) is 2.73. The van der Waals surface area contributed by atoms with Crippen LogP contribution in [0.4, 0.5) is 5.82 Å². The largest absolute Gasteiger partial charge is 0.346 e. The topological polar surface area (TPSA) is 104 Å². The molecule has 0 fully saturated rings. The molecule has 0 spiro atoms. The van der Waals surface area contributed by atoms with Gasteiger partial charge in [-0.1, -0.05) is 0 Å². The van der Waals surface area contributed by atoms with Gasteiger partial charge < -0.3 is 10.3 Å². The molecule has 19 heavy (non-hydrogen) atoms. The van der Waals surface area contributed by atoms with Gasteiger partial charge in [0.1, 0.15) is 10.8 Å². The smallest absolute Gasteiger partial charge is 0.309 e. The summed E-state index contributed by atoms with van der Waals surface area (Å²) in [4.78, 5) is 29.8. The number of aryl methyl sites for hydroxylation is 2. The molecule has 100 valence electrons. The van der Waals surface area contributed by atoms with Crippen molar-refractivity contribution in [3.8, 4) is 0 Å². The fourth-order valence-electron chi connectivity index (χ4n) is 1.62. The molecule has 3 N–H and O–H groups in total. The van der Waals surface area contributed by atoms with Gasteiger partial charge in [0, 0.05) is 11.3 Å². The van der Waals surface area contributed by atoms with Crippen molar-refractivity contribution in [1.29, 1.82) is 0 Å². The third-order valence-electron chi connectivity index (χ3n) is 2.57. The number of hydrogen-bond acceptors (Lipinski definition) is 5. The predicted octanol–water partition coefficient (Wildman–Crippen LogP) is 1.08. The van der Waals surface area contributed by atoms with Gasteiger partial charge in [-0.3, -0.25) is 9.89 Å². The molecule has 7 nitrogen and oxygen atoms in total. The Morgan fingerprint density at radius 2 is 2.16 bits per heavy atom. The third kappa shape index (κ3) is 2.68. The van der Waals surface area contributed by atoms with E-state index in [1.54, 1.807) is 19.4 Å². The lowest BCUT2D eigenvalue weighted by molar-refractivity contribution is 0.102. The van der Waals surface area contributed by atoms with E-state index < -0.39 is 5.69 Å². The first-order valence-corrected chi connectivity index (χ1v) is 6.71. The van der Waals surface area contributed by atoms with Crippen LogP contribution in [-0.2, 0) is 0 Å². The summed E-state index contributed by atoms with van der Waals surface area (Å²) in [5.74, 6) is 0.195. The molecule has 1 amide bonds. The van der Waals surface area contributed by atoms with Crippen LogP contribution in [0.3, 0.4) is 0 Å². The summed E-state index contributed by atoms with van der Waals surface area (Å²) in [5.41, 5.74) is 1.21. The van der Waals surface area contributed by atoms with Crippen LogP contribution in [0.15, 0.2) is 16.0 Å². The number of rotatable bonds is 3. The maximum atomic E-state index is 12.2. The number of amides is 1. The number of hydrogen-bond donors (Lipinski definition) is 3. The number of aromatic amines is 2. The van der Waals surface area contributed by atoms with Crippen LogP contribution in [0.1, 0.15) is 21.6 Å². The van der Waals surface area contributed by atoms with E-state index in [9.17, 15) is 9.59 Å². The SMILES string of the molecule is CSc1nc(=O)[nH]c(C)c1C(=O)Nc1[nH]ncc1C. The summed E-state index contributed by atoms with van der Waals surface area (Å²) in [5, 5.41) is 9.63. The molecule has 0 radical (unpaired) electrons. The zero-order valence-electron chi connectivity index (χ0n) is 10.7. The lowest BCUT2D eigenvalue weighted by atomic mass is 10.2. The zero-order chi connectivity index (χ0) is 14.0. The van der Waals surface area contributed by atoms with Crippen LogP contribution in [0.2, 0.25) is 0 Å². The standard InChI is InChI=1S/C11H13N5O2S/c1-5-4-12-16-8(5)14-9(17)7-6(2)13-11(18)15-10(7)19-3/h4H,1-3H3,(H,13,15,18)(H2,12,14,16,17). The van der Waals surface area contributed by atoms with Crippen LogP contribution < -0.4 is 11.0 Å². The van der Waals surface area contributed by atoms with E-state index in [4.69, 9.17) is 0 Å². The molecule has 0 saturated carbocycles. The Bertz CT molecular complexity index is 676. The quantitative estimate of drug-likeness (QED) is 0.576. The molecule has 2 heterocycles. The fourth-order valence-corrected chi connectivity index (χ4v) is 2.25. The highest BCUT2D eigenvalue weighted by molar-refractivity contribution is 7.98. The van der Waals surface area contributed by atoms with Gasteiger partial charge in [-0.15, -0.1) is 11.8 Å². The highest BCUT2D eigenvalue weighted by Crippen LogP contribution is 2.20. The van der Waals surface area contributed by atoms with E-state index in [0.717, 1.165) is 5.56 Å². The zero-order valence-corrected chi connectivity index (χ0v) is 11.5. The van der Waals surface area contributed by atoms with Crippen molar-refractivity contribution in [1.82, 2.24) is 20.2 Å². The van der Waals surface area contributed by atoms with Gasteiger partial charge in [-0.25, -0.2) is 4.79 Å². The number of aromatic nitrogens is 4. The molecular formula is C11H13N5O2S. The van der Waals surface area contributed by atoms with Crippen LogP contribution in [0.25, 0.3) is 0 Å². The second-order valence-corrected chi connectivity index (χ2v) is 4.73. The minimum atomic E-state index is -0.462. The Morgan fingerprint density at radius 1 is 1.42 bits per heavy atom. The monoisotopic (exact) mass is 279 g/mol. The van der Waals surface area contributed by atoms with E-state index in [1.165, 1.54) is 11.8 Å². The number of nitrogens with one attached hydrogen (secondary N) is 3. The van der Waals surface area contributed by atoms with Crippen molar-refractivity contribution in [3.05, 3.63) is 33.5 Å². The summed E-state index contributed by atoms with van der Waals surface area (Å²) < 4.78 is 0. The van der Waals surface area contributed by atoms with Gasteiger partial charge >= 0.3 is 5.69 Å². The molecule has 0 aliphatic rings. The number of carbonyl (C=O) groups excluding carboxylic acids is 1. The Balaban J connectivity index is 2.39. The molecule has 0 aliphatic carbocycles. The van der Waals surface area contributed by atoms with Crippen molar-refractivity contribution in [2.75, 3.05) is 11.6 Å². The van der Waals surface area contributed by atoms with E-state index in [-0.39, 0.29) is 5.91 Å². The molecule has 0 saturated heterocycles. The van der Waals surface area contributed by atoms with Crippen molar-refractivity contribution >= 4 is 23.5 Å². The first-order valence-electron chi connectivity index (χ1n) is 5.49. The molecule has 2 rings (SSSR count). The van der Waals surface area contributed by atoms with E-state index >= 15 is 0 Å². The Morgan fingerprint density at radius 3 is 2.74 bits per heavy atom. The van der Waals surface area contributed by atoms with Crippen LogP contribution >= 0.6 is 11.8 Å². The number of carbonyl (C=O) groups is 1. The first kappa shape index (κ1) is 13.3. The van der Waals surface area contributed by atoms with Gasteiger partial charge in [0.15, 0.2) is 0 Å². The maximum Gasteiger partial charge on any atom is 0.346 e. The summed E-state index contributed by atoms with van der Waals surface area (Å²) >= 11 is 1.25. The van der Waals surface area contributed by atoms with Gasteiger partial charge in [0.25, 0.3) is 5.91 Å². The lowest BCUT2D eigenvalue weighted by Gasteiger charge is -2.09. The Labute approximate surface area is 113 Å². The summed E-state index contributed by atoms with van der Waals surface area (Å²) in [6.07, 6.45) is 3.38. The molecular weight excluding hydrogens is 266 g/mol. The molecule has 0 aliphatic heterocycles.